The van der Waals surface area contributed by atoms with Crippen molar-refractivity contribution in [2.45, 2.75) is 19.4 Å². The van der Waals surface area contributed by atoms with E-state index in [-0.39, 0.29) is 13.0 Å². The summed E-state index contributed by atoms with van der Waals surface area (Å²) >= 11 is 0. The van der Waals surface area contributed by atoms with Gasteiger partial charge in [-0.15, -0.1) is 5.26 Å². The number of hydrogen-bond donors (Lipinski definition) is 0. The number of esters is 1. The van der Waals surface area contributed by atoms with Crippen LogP contribution in [0.5, 0.6) is 5.75 Å². The summed E-state index contributed by atoms with van der Waals surface area (Å²) in [5.74, 6) is -0.166. The van der Waals surface area contributed by atoms with Gasteiger partial charge >= 0.3 is 5.97 Å². The Kier molecular flexibility index (Phi) is 5.80. The van der Waals surface area contributed by atoms with Gasteiger partial charge in [0.05, 0.1) is 6.61 Å². The molecule has 0 saturated heterocycles. The standard InChI is InChI=1S/C13H12N2O4/c1-2-18-13(17)12(15-9-16)7-10-3-5-11(6-4-10)19-8-14/h3-6,12H,2,7H2,1H3. The molecule has 6 nitrogen and oxygen atoms in total. The zero-order valence-electron chi connectivity index (χ0n) is 10.3. The summed E-state index contributed by atoms with van der Waals surface area (Å²) in [6.07, 6.45) is 3.14. The van der Waals surface area contributed by atoms with Gasteiger partial charge < -0.3 is 9.47 Å². The van der Waals surface area contributed by atoms with Crippen molar-refractivity contribution in [3.63, 3.8) is 0 Å². The molecule has 0 radical (unpaired) electrons. The van der Waals surface area contributed by atoms with E-state index in [2.05, 4.69) is 9.73 Å². The molecule has 1 unspecified atom stereocenters. The summed E-state index contributed by atoms with van der Waals surface area (Å²) < 4.78 is 9.44. The first-order chi connectivity index (χ1) is 9.21. The monoisotopic (exact) mass is 260 g/mol. The Balaban J connectivity index is 2.76. The lowest BCUT2D eigenvalue weighted by atomic mass is 10.1. The second-order valence-electron chi connectivity index (χ2n) is 3.53. The second kappa shape index (κ2) is 7.64. The van der Waals surface area contributed by atoms with Gasteiger partial charge in [0.2, 0.25) is 6.08 Å². The van der Waals surface area contributed by atoms with E-state index in [0.717, 1.165) is 5.56 Å². The van der Waals surface area contributed by atoms with Gasteiger partial charge in [-0.25, -0.2) is 9.59 Å². The Morgan fingerprint density at radius 2 is 2.11 bits per heavy atom. The summed E-state index contributed by atoms with van der Waals surface area (Å²) in [7, 11) is 0. The molecule has 19 heavy (non-hydrogen) atoms. The molecule has 98 valence electrons. The summed E-state index contributed by atoms with van der Waals surface area (Å²) in [5.41, 5.74) is 0.766. The van der Waals surface area contributed by atoms with Crippen molar-refractivity contribution in [2.75, 3.05) is 6.61 Å². The van der Waals surface area contributed by atoms with Crippen LogP contribution in [0.3, 0.4) is 0 Å². The topological polar surface area (TPSA) is 88.8 Å². The van der Waals surface area contributed by atoms with Crippen LogP contribution in [0.1, 0.15) is 12.5 Å². The molecule has 0 heterocycles. The first-order valence-corrected chi connectivity index (χ1v) is 5.59. The fourth-order valence-corrected chi connectivity index (χ4v) is 1.45. The molecule has 0 amide bonds. The first kappa shape index (κ1) is 14.4. The van der Waals surface area contributed by atoms with E-state index in [0.29, 0.717) is 5.75 Å². The summed E-state index contributed by atoms with van der Waals surface area (Å²) in [6.45, 7) is 1.90. The van der Waals surface area contributed by atoms with Gasteiger partial charge in [-0.05, 0) is 24.6 Å². The number of aliphatic imine (C=N–C) groups is 1. The molecule has 0 aromatic heterocycles. The van der Waals surface area contributed by atoms with Crippen LogP contribution < -0.4 is 4.74 Å². The maximum atomic E-state index is 11.5. The number of carbonyl (C=O) groups excluding carboxylic acids is 2. The van der Waals surface area contributed by atoms with E-state index in [1.807, 2.05) is 0 Å². The fraction of sp³-hybridized carbons (Fsp3) is 0.308. The Labute approximate surface area is 110 Å². The lowest BCUT2D eigenvalue weighted by Crippen LogP contribution is -2.23. The Bertz CT molecular complexity index is 512. The molecule has 0 aliphatic heterocycles. The van der Waals surface area contributed by atoms with Crippen LogP contribution in [0.4, 0.5) is 0 Å². The average molecular weight is 260 g/mol. The van der Waals surface area contributed by atoms with Crippen LogP contribution in [0.2, 0.25) is 0 Å². The number of isocyanates is 1. The minimum atomic E-state index is -0.903. The van der Waals surface area contributed by atoms with Crippen molar-refractivity contribution >= 4 is 12.0 Å². The molecule has 1 atom stereocenters. The van der Waals surface area contributed by atoms with Crippen molar-refractivity contribution < 1.29 is 19.1 Å². The second-order valence-corrected chi connectivity index (χ2v) is 3.53. The van der Waals surface area contributed by atoms with Gasteiger partial charge in [0.1, 0.15) is 5.75 Å². The highest BCUT2D eigenvalue weighted by Gasteiger charge is 2.19. The molecule has 0 N–H and O–H groups in total. The number of carbonyl (C=O) groups is 1. The largest absolute Gasteiger partial charge is 0.464 e. The summed E-state index contributed by atoms with van der Waals surface area (Å²) in [5, 5.41) is 8.34. The van der Waals surface area contributed by atoms with Gasteiger partial charge in [-0.3, -0.25) is 0 Å². The van der Waals surface area contributed by atoms with E-state index in [9.17, 15) is 9.59 Å². The number of ether oxygens (including phenoxy) is 2. The van der Waals surface area contributed by atoms with E-state index in [1.165, 1.54) is 6.08 Å². The highest BCUT2D eigenvalue weighted by Crippen LogP contribution is 2.14. The average Bonchev–Trinajstić information content (AvgIpc) is 2.41. The van der Waals surface area contributed by atoms with Crippen LogP contribution in [0.15, 0.2) is 29.3 Å². The highest BCUT2D eigenvalue weighted by atomic mass is 16.5. The number of rotatable bonds is 6. The first-order valence-electron chi connectivity index (χ1n) is 5.59. The van der Waals surface area contributed by atoms with E-state index < -0.39 is 12.0 Å². The van der Waals surface area contributed by atoms with Crippen LogP contribution in [-0.2, 0) is 20.7 Å². The normalized spacial score (nSPS) is 10.7. The molecule has 0 aliphatic carbocycles. The fourth-order valence-electron chi connectivity index (χ4n) is 1.45. The molecule has 1 aromatic rings. The third-order valence-electron chi connectivity index (χ3n) is 2.28. The van der Waals surface area contributed by atoms with Gasteiger partial charge in [0.15, 0.2) is 6.04 Å². The third-order valence-corrected chi connectivity index (χ3v) is 2.28. The van der Waals surface area contributed by atoms with Crippen LogP contribution in [-0.4, -0.2) is 24.7 Å². The van der Waals surface area contributed by atoms with Crippen LogP contribution >= 0.6 is 0 Å². The zero-order chi connectivity index (χ0) is 14.1. The van der Waals surface area contributed by atoms with Crippen molar-refractivity contribution in [1.82, 2.24) is 0 Å². The van der Waals surface area contributed by atoms with Crippen molar-refractivity contribution in [3.05, 3.63) is 29.8 Å². The minimum absolute atomic E-state index is 0.221. The molecule has 1 rings (SSSR count). The number of nitriles is 1. The molecular formula is C13H12N2O4. The number of benzene rings is 1. The Morgan fingerprint density at radius 1 is 1.42 bits per heavy atom. The SMILES string of the molecule is CCOC(=O)C(Cc1ccc(OC#N)cc1)N=C=O. The molecular weight excluding hydrogens is 248 g/mol. The van der Waals surface area contributed by atoms with E-state index in [4.69, 9.17) is 10.00 Å². The van der Waals surface area contributed by atoms with Gasteiger partial charge in [-0.2, -0.15) is 4.99 Å². The minimum Gasteiger partial charge on any atom is -0.464 e. The van der Waals surface area contributed by atoms with E-state index in [1.54, 1.807) is 37.4 Å². The lowest BCUT2D eigenvalue weighted by Gasteiger charge is -2.09. The Hall–Kier alpha value is -2.64. The van der Waals surface area contributed by atoms with Crippen LogP contribution in [0.25, 0.3) is 0 Å². The maximum absolute atomic E-state index is 11.5. The van der Waals surface area contributed by atoms with Crippen molar-refractivity contribution in [3.8, 4) is 12.0 Å². The highest BCUT2D eigenvalue weighted by molar-refractivity contribution is 5.77. The lowest BCUT2D eigenvalue weighted by molar-refractivity contribution is -0.144. The Morgan fingerprint density at radius 3 is 2.63 bits per heavy atom. The third kappa shape index (κ3) is 4.62. The predicted molar refractivity (Wildman–Crippen MR) is 64.9 cm³/mol. The molecule has 0 spiro atoms. The molecule has 0 saturated carbocycles. The van der Waals surface area contributed by atoms with Gasteiger partial charge in [0, 0.05) is 6.42 Å². The smallest absolute Gasteiger partial charge is 0.332 e. The molecule has 0 bridgehead atoms. The summed E-state index contributed by atoms with van der Waals surface area (Å²) in [4.78, 5) is 25.3. The number of hydrogen-bond acceptors (Lipinski definition) is 6. The maximum Gasteiger partial charge on any atom is 0.332 e. The van der Waals surface area contributed by atoms with E-state index >= 15 is 0 Å². The molecule has 1 aromatic carbocycles. The van der Waals surface area contributed by atoms with Gasteiger partial charge in [-0.1, -0.05) is 12.1 Å². The quantitative estimate of drug-likeness (QED) is 0.333. The molecule has 0 aliphatic rings. The predicted octanol–water partition coefficient (Wildman–Crippen LogP) is 1.36. The van der Waals surface area contributed by atoms with Crippen LogP contribution in [0, 0.1) is 11.5 Å². The number of nitrogens with zero attached hydrogens (tertiary/aromatic N) is 2. The molecule has 0 fully saturated rings. The summed E-state index contributed by atoms with van der Waals surface area (Å²) in [6, 6.07) is 5.63. The zero-order valence-corrected chi connectivity index (χ0v) is 10.3. The molecule has 6 heteroatoms. The van der Waals surface area contributed by atoms with Crippen molar-refractivity contribution in [1.29, 1.82) is 5.26 Å². The van der Waals surface area contributed by atoms with Crippen molar-refractivity contribution in [2.24, 2.45) is 4.99 Å². The van der Waals surface area contributed by atoms with Gasteiger partial charge in [0.25, 0.3) is 6.26 Å².